The number of aliphatic hydroxyl groups is 1. The molecule has 2 unspecified atom stereocenters. The number of rotatable bonds is 3. The summed E-state index contributed by atoms with van der Waals surface area (Å²) in [5, 5.41) is 13.8. The van der Waals surface area contributed by atoms with Crippen LogP contribution in [0, 0.1) is 5.92 Å². The molecule has 0 spiro atoms. The summed E-state index contributed by atoms with van der Waals surface area (Å²) < 4.78 is 0. The number of nitrogens with one attached hydrogen (secondary N) is 1. The van der Waals surface area contributed by atoms with E-state index in [1.807, 2.05) is 0 Å². The Morgan fingerprint density at radius 2 is 2.16 bits per heavy atom. The lowest BCUT2D eigenvalue weighted by Gasteiger charge is -2.34. The lowest BCUT2D eigenvalue weighted by molar-refractivity contribution is 0.0487. The van der Waals surface area contributed by atoms with Gasteiger partial charge in [0.25, 0.3) is 0 Å². The molecular formula is C16H24N2O. The summed E-state index contributed by atoms with van der Waals surface area (Å²) in [6, 6.07) is 8.69. The molecule has 0 radical (unpaired) electrons. The van der Waals surface area contributed by atoms with Crippen LogP contribution in [-0.2, 0) is 13.0 Å². The molecule has 3 heteroatoms. The van der Waals surface area contributed by atoms with Crippen LogP contribution in [0.15, 0.2) is 24.3 Å². The van der Waals surface area contributed by atoms with E-state index in [0.29, 0.717) is 5.92 Å². The second kappa shape index (κ2) is 6.04. The van der Waals surface area contributed by atoms with Crippen molar-refractivity contribution in [1.29, 1.82) is 0 Å². The van der Waals surface area contributed by atoms with E-state index in [-0.39, 0.29) is 6.10 Å². The molecule has 1 saturated heterocycles. The minimum absolute atomic E-state index is 0.182. The van der Waals surface area contributed by atoms with Gasteiger partial charge in [0.1, 0.15) is 0 Å². The fourth-order valence-corrected chi connectivity index (χ4v) is 3.33. The largest absolute Gasteiger partial charge is 0.391 e. The third-order valence-corrected chi connectivity index (χ3v) is 4.53. The minimum atomic E-state index is -0.182. The van der Waals surface area contributed by atoms with Crippen molar-refractivity contribution in [3.63, 3.8) is 0 Å². The topological polar surface area (TPSA) is 35.5 Å². The zero-order valence-corrected chi connectivity index (χ0v) is 11.5. The van der Waals surface area contributed by atoms with E-state index in [2.05, 4.69) is 34.5 Å². The first kappa shape index (κ1) is 13.1. The number of nitrogens with zero attached hydrogens (tertiary/aromatic N) is 1. The molecule has 104 valence electrons. The molecule has 2 aliphatic rings. The summed E-state index contributed by atoms with van der Waals surface area (Å²) in [5.74, 6) is 0.436. The third kappa shape index (κ3) is 3.16. The lowest BCUT2D eigenvalue weighted by Crippen LogP contribution is -2.44. The molecule has 19 heavy (non-hydrogen) atoms. The number of benzene rings is 1. The summed E-state index contributed by atoms with van der Waals surface area (Å²) >= 11 is 0. The van der Waals surface area contributed by atoms with E-state index in [4.69, 9.17) is 0 Å². The van der Waals surface area contributed by atoms with Crippen molar-refractivity contribution in [1.82, 2.24) is 10.2 Å². The standard InChI is InChI=1S/C16H24N2O/c19-16(14-6-3-8-17-10-14)12-18-9-7-13-4-1-2-5-15(13)11-18/h1-2,4-5,14,16-17,19H,3,6-12H2. The monoisotopic (exact) mass is 260 g/mol. The van der Waals surface area contributed by atoms with Crippen LogP contribution in [0.4, 0.5) is 0 Å². The van der Waals surface area contributed by atoms with Crippen molar-refractivity contribution in [3.8, 4) is 0 Å². The van der Waals surface area contributed by atoms with Crippen molar-refractivity contribution in [2.75, 3.05) is 26.2 Å². The quantitative estimate of drug-likeness (QED) is 0.862. The molecule has 0 amide bonds. The molecule has 2 atom stereocenters. The minimum Gasteiger partial charge on any atom is -0.391 e. The summed E-state index contributed by atoms with van der Waals surface area (Å²) in [7, 11) is 0. The lowest BCUT2D eigenvalue weighted by atomic mass is 9.92. The van der Waals surface area contributed by atoms with E-state index in [1.54, 1.807) is 0 Å². The van der Waals surface area contributed by atoms with Gasteiger partial charge in [0.05, 0.1) is 6.10 Å². The predicted molar refractivity (Wildman–Crippen MR) is 77.0 cm³/mol. The summed E-state index contributed by atoms with van der Waals surface area (Å²) in [6.07, 6.45) is 3.30. The highest BCUT2D eigenvalue weighted by molar-refractivity contribution is 5.29. The van der Waals surface area contributed by atoms with E-state index >= 15 is 0 Å². The fourth-order valence-electron chi connectivity index (χ4n) is 3.33. The van der Waals surface area contributed by atoms with Crippen LogP contribution in [0.2, 0.25) is 0 Å². The molecule has 2 N–H and O–H groups in total. The zero-order chi connectivity index (χ0) is 13.1. The smallest absolute Gasteiger partial charge is 0.0707 e. The average Bonchev–Trinajstić information content (AvgIpc) is 2.48. The van der Waals surface area contributed by atoms with E-state index in [9.17, 15) is 5.11 Å². The summed E-state index contributed by atoms with van der Waals surface area (Å²) in [5.41, 5.74) is 2.91. The zero-order valence-electron chi connectivity index (χ0n) is 11.5. The molecule has 3 rings (SSSR count). The molecule has 2 heterocycles. The molecule has 0 aromatic heterocycles. The van der Waals surface area contributed by atoms with Gasteiger partial charge in [0.2, 0.25) is 0 Å². The fraction of sp³-hybridized carbons (Fsp3) is 0.625. The molecule has 0 saturated carbocycles. The van der Waals surface area contributed by atoms with Gasteiger partial charge in [0, 0.05) is 26.2 Å². The van der Waals surface area contributed by atoms with Crippen LogP contribution in [0.25, 0.3) is 0 Å². The van der Waals surface area contributed by atoms with Crippen molar-refractivity contribution in [3.05, 3.63) is 35.4 Å². The number of piperidine rings is 1. The van der Waals surface area contributed by atoms with Gasteiger partial charge in [-0.25, -0.2) is 0 Å². The van der Waals surface area contributed by atoms with Crippen LogP contribution in [0.5, 0.6) is 0 Å². The highest BCUT2D eigenvalue weighted by Gasteiger charge is 2.25. The first-order valence-corrected chi connectivity index (χ1v) is 7.51. The Morgan fingerprint density at radius 1 is 1.32 bits per heavy atom. The second-order valence-electron chi connectivity index (χ2n) is 5.93. The predicted octanol–water partition coefficient (Wildman–Crippen LogP) is 1.41. The Morgan fingerprint density at radius 3 is 2.95 bits per heavy atom. The van der Waals surface area contributed by atoms with Crippen LogP contribution in [0.1, 0.15) is 24.0 Å². The maximum atomic E-state index is 10.4. The molecule has 3 nitrogen and oxygen atoms in total. The van der Waals surface area contributed by atoms with Crippen LogP contribution in [0.3, 0.4) is 0 Å². The first-order chi connectivity index (χ1) is 9.33. The van der Waals surface area contributed by atoms with Gasteiger partial charge >= 0.3 is 0 Å². The molecule has 1 aromatic rings. The van der Waals surface area contributed by atoms with Gasteiger partial charge in [-0.2, -0.15) is 0 Å². The number of aliphatic hydroxyl groups excluding tert-OH is 1. The Hall–Kier alpha value is -0.900. The van der Waals surface area contributed by atoms with Crippen molar-refractivity contribution in [2.24, 2.45) is 5.92 Å². The van der Waals surface area contributed by atoms with Crippen molar-refractivity contribution in [2.45, 2.75) is 31.9 Å². The number of hydrogen-bond donors (Lipinski definition) is 2. The normalized spacial score (nSPS) is 25.8. The van der Waals surface area contributed by atoms with E-state index < -0.39 is 0 Å². The van der Waals surface area contributed by atoms with Crippen LogP contribution in [-0.4, -0.2) is 42.3 Å². The van der Waals surface area contributed by atoms with Crippen molar-refractivity contribution >= 4 is 0 Å². The Kier molecular flexibility index (Phi) is 4.16. The number of β-amino-alcohol motifs (C(OH)–C–C–N with tert-alkyl or cyclic N) is 1. The first-order valence-electron chi connectivity index (χ1n) is 7.51. The third-order valence-electron chi connectivity index (χ3n) is 4.53. The molecule has 0 aliphatic carbocycles. The highest BCUT2D eigenvalue weighted by Crippen LogP contribution is 2.21. The Labute approximate surface area is 115 Å². The summed E-state index contributed by atoms with van der Waals surface area (Å²) in [6.45, 7) is 4.98. The van der Waals surface area contributed by atoms with Gasteiger partial charge in [-0.15, -0.1) is 0 Å². The van der Waals surface area contributed by atoms with Gasteiger partial charge in [-0.05, 0) is 42.9 Å². The van der Waals surface area contributed by atoms with Gasteiger partial charge in [-0.3, -0.25) is 4.90 Å². The highest BCUT2D eigenvalue weighted by atomic mass is 16.3. The van der Waals surface area contributed by atoms with Gasteiger partial charge in [0.15, 0.2) is 0 Å². The van der Waals surface area contributed by atoms with Gasteiger partial charge in [-0.1, -0.05) is 24.3 Å². The number of fused-ring (bicyclic) bond motifs is 1. The molecule has 1 aromatic carbocycles. The van der Waals surface area contributed by atoms with E-state index in [1.165, 1.54) is 24.0 Å². The van der Waals surface area contributed by atoms with Crippen molar-refractivity contribution < 1.29 is 5.11 Å². The maximum absolute atomic E-state index is 10.4. The van der Waals surface area contributed by atoms with E-state index in [0.717, 1.165) is 39.1 Å². The Bertz CT molecular complexity index is 415. The van der Waals surface area contributed by atoms with Crippen LogP contribution >= 0.6 is 0 Å². The average molecular weight is 260 g/mol. The van der Waals surface area contributed by atoms with Crippen LogP contribution < -0.4 is 5.32 Å². The summed E-state index contributed by atoms with van der Waals surface area (Å²) in [4.78, 5) is 2.40. The molecule has 0 bridgehead atoms. The SMILES string of the molecule is OC(CN1CCc2ccccc2C1)C1CCCNC1. The van der Waals surface area contributed by atoms with Gasteiger partial charge < -0.3 is 10.4 Å². The molecule has 2 aliphatic heterocycles. The maximum Gasteiger partial charge on any atom is 0.0707 e. The molecule has 1 fully saturated rings. The Balaban J connectivity index is 1.56. The second-order valence-corrected chi connectivity index (χ2v) is 5.93. The number of hydrogen-bond acceptors (Lipinski definition) is 3. The molecular weight excluding hydrogens is 236 g/mol.